The lowest BCUT2D eigenvalue weighted by molar-refractivity contribution is -0.00799. The Labute approximate surface area is 124 Å². The van der Waals surface area contributed by atoms with Crippen LogP contribution in [0.4, 0.5) is 0 Å². The van der Waals surface area contributed by atoms with Gasteiger partial charge in [0.15, 0.2) is 0 Å². The molecule has 2 aliphatic heterocycles. The molecule has 1 aliphatic carbocycles. The molecule has 2 saturated heterocycles. The number of hydrogen-bond acceptors (Lipinski definition) is 3. The molecule has 1 N–H and O–H groups in total. The van der Waals surface area contributed by atoms with Crippen molar-refractivity contribution in [2.45, 2.75) is 64.6 Å². The van der Waals surface area contributed by atoms with E-state index in [1.165, 1.54) is 38.8 Å². The van der Waals surface area contributed by atoms with E-state index in [1.807, 2.05) is 0 Å². The van der Waals surface area contributed by atoms with Crippen LogP contribution in [0.25, 0.3) is 0 Å². The normalized spacial score (nSPS) is 35.4. The summed E-state index contributed by atoms with van der Waals surface area (Å²) in [5.74, 6) is 2.54. The van der Waals surface area contributed by atoms with Gasteiger partial charge < -0.3 is 10.1 Å². The first-order valence-corrected chi connectivity index (χ1v) is 8.73. The van der Waals surface area contributed by atoms with Crippen molar-refractivity contribution in [3.05, 3.63) is 0 Å². The van der Waals surface area contributed by atoms with Crippen LogP contribution >= 0.6 is 0 Å². The zero-order chi connectivity index (χ0) is 14.1. The maximum Gasteiger partial charge on any atom is 0.0469 e. The van der Waals surface area contributed by atoms with Crippen molar-refractivity contribution in [1.29, 1.82) is 0 Å². The lowest BCUT2D eigenvalue weighted by atomic mass is 9.87. The first kappa shape index (κ1) is 14.8. The molecular formula is C17H32N2O. The summed E-state index contributed by atoms with van der Waals surface area (Å²) in [7, 11) is 0. The van der Waals surface area contributed by atoms with E-state index in [0.29, 0.717) is 6.04 Å². The van der Waals surface area contributed by atoms with Crippen LogP contribution in [0.15, 0.2) is 0 Å². The van der Waals surface area contributed by atoms with Crippen LogP contribution in [-0.4, -0.2) is 49.3 Å². The predicted molar refractivity (Wildman–Crippen MR) is 82.9 cm³/mol. The molecule has 0 aromatic heterocycles. The highest BCUT2D eigenvalue weighted by molar-refractivity contribution is 4.97. The van der Waals surface area contributed by atoms with E-state index in [2.05, 4.69) is 31.0 Å². The molecule has 116 valence electrons. The van der Waals surface area contributed by atoms with E-state index in [9.17, 15) is 0 Å². The minimum Gasteiger partial charge on any atom is -0.381 e. The molecule has 3 nitrogen and oxygen atoms in total. The number of rotatable bonds is 4. The Morgan fingerprint density at radius 2 is 1.75 bits per heavy atom. The molecule has 0 spiro atoms. The minimum absolute atomic E-state index is 0.711. The average Bonchev–Trinajstić information content (AvgIpc) is 3.31. The van der Waals surface area contributed by atoms with E-state index in [0.717, 1.165) is 43.1 Å². The van der Waals surface area contributed by atoms with Gasteiger partial charge in [-0.1, -0.05) is 13.8 Å². The SMILES string of the molecule is CC(C)C1CNC(C2CC2)CN1C(C)C1CCOCC1. The molecule has 2 heterocycles. The summed E-state index contributed by atoms with van der Waals surface area (Å²) in [5, 5.41) is 3.83. The van der Waals surface area contributed by atoms with Crippen molar-refractivity contribution < 1.29 is 4.74 Å². The highest BCUT2D eigenvalue weighted by Crippen LogP contribution is 2.36. The summed E-state index contributed by atoms with van der Waals surface area (Å²) in [6, 6.07) is 2.18. The predicted octanol–water partition coefficient (Wildman–Crippen LogP) is 2.51. The van der Waals surface area contributed by atoms with Gasteiger partial charge in [0.25, 0.3) is 0 Å². The standard InChI is InChI=1S/C17H32N2O/c1-12(2)17-10-18-16(15-4-5-15)11-19(17)13(3)14-6-8-20-9-7-14/h12-18H,4-11H2,1-3H3. The monoisotopic (exact) mass is 280 g/mol. The Morgan fingerprint density at radius 3 is 2.35 bits per heavy atom. The third kappa shape index (κ3) is 3.20. The van der Waals surface area contributed by atoms with Crippen molar-refractivity contribution in [3.8, 4) is 0 Å². The van der Waals surface area contributed by atoms with Gasteiger partial charge in [-0.15, -0.1) is 0 Å². The molecule has 3 rings (SSSR count). The second-order valence-corrected chi connectivity index (χ2v) is 7.55. The largest absolute Gasteiger partial charge is 0.381 e. The summed E-state index contributed by atoms with van der Waals surface area (Å²) in [6.07, 6.45) is 5.40. The van der Waals surface area contributed by atoms with Gasteiger partial charge in [-0.05, 0) is 50.4 Å². The number of piperazine rings is 1. The first-order chi connectivity index (χ1) is 9.66. The summed E-state index contributed by atoms with van der Waals surface area (Å²) >= 11 is 0. The summed E-state index contributed by atoms with van der Waals surface area (Å²) < 4.78 is 5.55. The van der Waals surface area contributed by atoms with Crippen molar-refractivity contribution in [3.63, 3.8) is 0 Å². The van der Waals surface area contributed by atoms with Gasteiger partial charge in [0.2, 0.25) is 0 Å². The molecular weight excluding hydrogens is 248 g/mol. The maximum absolute atomic E-state index is 5.55. The van der Waals surface area contributed by atoms with Crippen molar-refractivity contribution in [2.75, 3.05) is 26.3 Å². The molecule has 3 heteroatoms. The Bertz CT molecular complexity index is 310. The molecule has 0 radical (unpaired) electrons. The summed E-state index contributed by atoms with van der Waals surface area (Å²) in [6.45, 7) is 11.6. The number of hydrogen-bond donors (Lipinski definition) is 1. The summed E-state index contributed by atoms with van der Waals surface area (Å²) in [5.41, 5.74) is 0. The number of nitrogens with one attached hydrogen (secondary N) is 1. The molecule has 20 heavy (non-hydrogen) atoms. The van der Waals surface area contributed by atoms with Crippen LogP contribution in [0, 0.1) is 17.8 Å². The van der Waals surface area contributed by atoms with Gasteiger partial charge >= 0.3 is 0 Å². The van der Waals surface area contributed by atoms with E-state index in [1.54, 1.807) is 0 Å². The lowest BCUT2D eigenvalue weighted by Crippen LogP contribution is -2.62. The number of ether oxygens (including phenoxy) is 1. The quantitative estimate of drug-likeness (QED) is 0.856. The molecule has 0 bridgehead atoms. The molecule has 0 aromatic carbocycles. The molecule has 1 saturated carbocycles. The molecule has 0 aromatic rings. The highest BCUT2D eigenvalue weighted by atomic mass is 16.5. The maximum atomic E-state index is 5.55. The Hall–Kier alpha value is -0.120. The highest BCUT2D eigenvalue weighted by Gasteiger charge is 2.40. The smallest absolute Gasteiger partial charge is 0.0469 e. The zero-order valence-corrected chi connectivity index (χ0v) is 13.5. The Balaban J connectivity index is 1.67. The Kier molecular flexibility index (Phi) is 4.68. The zero-order valence-electron chi connectivity index (χ0n) is 13.5. The van der Waals surface area contributed by atoms with Gasteiger partial charge in [-0.2, -0.15) is 0 Å². The fourth-order valence-corrected chi connectivity index (χ4v) is 4.19. The molecule has 0 amide bonds. The van der Waals surface area contributed by atoms with Crippen molar-refractivity contribution >= 4 is 0 Å². The van der Waals surface area contributed by atoms with Crippen LogP contribution in [-0.2, 0) is 4.74 Å². The molecule has 3 unspecified atom stereocenters. The van der Waals surface area contributed by atoms with Gasteiger partial charge in [0.1, 0.15) is 0 Å². The average molecular weight is 280 g/mol. The fourth-order valence-electron chi connectivity index (χ4n) is 4.19. The third-order valence-corrected chi connectivity index (χ3v) is 5.85. The van der Waals surface area contributed by atoms with Gasteiger partial charge in [-0.25, -0.2) is 0 Å². The van der Waals surface area contributed by atoms with Crippen LogP contribution in [0.3, 0.4) is 0 Å². The van der Waals surface area contributed by atoms with E-state index >= 15 is 0 Å². The van der Waals surface area contributed by atoms with Crippen molar-refractivity contribution in [1.82, 2.24) is 10.2 Å². The second kappa shape index (κ2) is 6.33. The van der Waals surface area contributed by atoms with Crippen LogP contribution in [0.5, 0.6) is 0 Å². The minimum atomic E-state index is 0.711. The van der Waals surface area contributed by atoms with E-state index in [-0.39, 0.29) is 0 Å². The lowest BCUT2D eigenvalue weighted by Gasteiger charge is -2.48. The van der Waals surface area contributed by atoms with Crippen LogP contribution < -0.4 is 5.32 Å². The van der Waals surface area contributed by atoms with Crippen molar-refractivity contribution in [2.24, 2.45) is 17.8 Å². The second-order valence-electron chi connectivity index (χ2n) is 7.55. The van der Waals surface area contributed by atoms with Crippen LogP contribution in [0.1, 0.15) is 46.5 Å². The van der Waals surface area contributed by atoms with Gasteiger partial charge in [0, 0.05) is 44.4 Å². The van der Waals surface area contributed by atoms with Crippen LogP contribution in [0.2, 0.25) is 0 Å². The topological polar surface area (TPSA) is 24.5 Å². The molecule has 3 aliphatic rings. The number of nitrogens with zero attached hydrogens (tertiary/aromatic N) is 1. The third-order valence-electron chi connectivity index (χ3n) is 5.85. The van der Waals surface area contributed by atoms with Gasteiger partial charge in [-0.3, -0.25) is 4.90 Å². The first-order valence-electron chi connectivity index (χ1n) is 8.73. The molecule has 3 fully saturated rings. The van der Waals surface area contributed by atoms with E-state index in [4.69, 9.17) is 4.74 Å². The van der Waals surface area contributed by atoms with Gasteiger partial charge in [0.05, 0.1) is 0 Å². The fraction of sp³-hybridized carbons (Fsp3) is 1.00. The Morgan fingerprint density at radius 1 is 1.05 bits per heavy atom. The summed E-state index contributed by atoms with van der Waals surface area (Å²) in [4.78, 5) is 2.85. The van der Waals surface area contributed by atoms with E-state index < -0.39 is 0 Å². The molecule has 3 atom stereocenters.